The number of ether oxygens (including phenoxy) is 1. The highest BCUT2D eigenvalue weighted by Crippen LogP contribution is 2.25. The van der Waals surface area contributed by atoms with Crippen molar-refractivity contribution in [3.63, 3.8) is 0 Å². The SMILES string of the molecule is NN(c1ccc(Cl)cc1)c1cc(Cl)nc(N2CCOCC2)n1. The first-order valence-corrected chi connectivity index (χ1v) is 7.57. The maximum atomic E-state index is 6.13. The molecule has 6 nitrogen and oxygen atoms in total. The van der Waals surface area contributed by atoms with Crippen molar-refractivity contribution >= 4 is 40.7 Å². The molecule has 0 atom stereocenters. The first-order chi connectivity index (χ1) is 10.6. The average Bonchev–Trinajstić information content (AvgIpc) is 2.55. The lowest BCUT2D eigenvalue weighted by molar-refractivity contribution is 0.122. The van der Waals surface area contributed by atoms with E-state index in [4.69, 9.17) is 33.8 Å². The van der Waals surface area contributed by atoms with Gasteiger partial charge in [0.05, 0.1) is 18.9 Å². The van der Waals surface area contributed by atoms with Crippen molar-refractivity contribution in [1.29, 1.82) is 0 Å². The topological polar surface area (TPSA) is 67.5 Å². The maximum Gasteiger partial charge on any atom is 0.228 e. The molecule has 1 aromatic carbocycles. The van der Waals surface area contributed by atoms with Crippen LogP contribution < -0.4 is 15.8 Å². The second-order valence-electron chi connectivity index (χ2n) is 4.79. The van der Waals surface area contributed by atoms with Crippen LogP contribution in [0, 0.1) is 0 Å². The van der Waals surface area contributed by atoms with Gasteiger partial charge in [-0.25, -0.2) is 10.8 Å². The molecule has 22 heavy (non-hydrogen) atoms. The first kappa shape index (κ1) is 15.3. The van der Waals surface area contributed by atoms with Crippen LogP contribution in [0.4, 0.5) is 17.5 Å². The molecule has 1 aromatic heterocycles. The van der Waals surface area contributed by atoms with Gasteiger partial charge in [-0.15, -0.1) is 0 Å². The number of morpholine rings is 1. The highest BCUT2D eigenvalue weighted by Gasteiger charge is 2.17. The minimum absolute atomic E-state index is 0.343. The second-order valence-corrected chi connectivity index (χ2v) is 5.62. The van der Waals surface area contributed by atoms with Crippen LogP contribution >= 0.6 is 23.2 Å². The molecule has 2 N–H and O–H groups in total. The molecule has 3 rings (SSSR count). The molecule has 8 heteroatoms. The normalized spacial score (nSPS) is 15.0. The second kappa shape index (κ2) is 6.66. The Labute approximate surface area is 138 Å². The summed E-state index contributed by atoms with van der Waals surface area (Å²) in [6.07, 6.45) is 0. The number of nitrogens with two attached hydrogens (primary N) is 1. The minimum atomic E-state index is 0.343. The Morgan fingerprint density at radius 1 is 1.09 bits per heavy atom. The Bertz CT molecular complexity index is 646. The smallest absolute Gasteiger partial charge is 0.228 e. The molecule has 116 valence electrons. The van der Waals surface area contributed by atoms with Gasteiger partial charge in [-0.2, -0.15) is 4.98 Å². The van der Waals surface area contributed by atoms with E-state index < -0.39 is 0 Å². The van der Waals surface area contributed by atoms with Gasteiger partial charge in [-0.1, -0.05) is 23.2 Å². The fourth-order valence-electron chi connectivity index (χ4n) is 2.16. The highest BCUT2D eigenvalue weighted by molar-refractivity contribution is 6.30. The van der Waals surface area contributed by atoms with E-state index in [0.29, 0.717) is 35.2 Å². The fourth-order valence-corrected chi connectivity index (χ4v) is 2.46. The van der Waals surface area contributed by atoms with Gasteiger partial charge in [0.25, 0.3) is 0 Å². The van der Waals surface area contributed by atoms with E-state index in [1.165, 1.54) is 5.01 Å². The molecular weight excluding hydrogens is 325 g/mol. The standard InChI is InChI=1S/C14H15Cl2N5O/c15-10-1-3-11(4-2-10)21(17)13-9-12(16)18-14(19-13)20-5-7-22-8-6-20/h1-4,9H,5-8,17H2. The summed E-state index contributed by atoms with van der Waals surface area (Å²) in [4.78, 5) is 10.8. The van der Waals surface area contributed by atoms with Crippen LogP contribution in [0.15, 0.2) is 30.3 Å². The van der Waals surface area contributed by atoms with Crippen molar-refractivity contribution < 1.29 is 4.74 Å². The summed E-state index contributed by atoms with van der Waals surface area (Å²) in [6.45, 7) is 2.75. The molecule has 0 radical (unpaired) electrons. The number of hydrazine groups is 1. The predicted molar refractivity (Wildman–Crippen MR) is 87.9 cm³/mol. The van der Waals surface area contributed by atoms with Gasteiger partial charge in [0.2, 0.25) is 5.95 Å². The van der Waals surface area contributed by atoms with E-state index >= 15 is 0 Å². The van der Waals surface area contributed by atoms with Crippen molar-refractivity contribution in [3.8, 4) is 0 Å². The molecule has 2 heterocycles. The van der Waals surface area contributed by atoms with Crippen LogP contribution in [0.1, 0.15) is 0 Å². The molecular formula is C14H15Cl2N5O. The van der Waals surface area contributed by atoms with Gasteiger partial charge < -0.3 is 9.64 Å². The zero-order valence-electron chi connectivity index (χ0n) is 11.7. The summed E-state index contributed by atoms with van der Waals surface area (Å²) in [7, 11) is 0. The van der Waals surface area contributed by atoms with Gasteiger partial charge >= 0.3 is 0 Å². The molecule has 0 bridgehead atoms. The van der Waals surface area contributed by atoms with Gasteiger partial charge in [0.1, 0.15) is 5.15 Å². The number of anilines is 3. The number of hydrogen-bond donors (Lipinski definition) is 1. The third-order valence-electron chi connectivity index (χ3n) is 3.32. The quantitative estimate of drug-likeness (QED) is 0.526. The molecule has 1 aliphatic heterocycles. The average molecular weight is 340 g/mol. The molecule has 1 aliphatic rings. The summed E-state index contributed by atoms with van der Waals surface area (Å²) >= 11 is 12.0. The van der Waals surface area contributed by atoms with Crippen molar-refractivity contribution in [1.82, 2.24) is 9.97 Å². The van der Waals surface area contributed by atoms with Gasteiger partial charge in [-0.3, -0.25) is 5.01 Å². The van der Waals surface area contributed by atoms with E-state index in [2.05, 4.69) is 9.97 Å². The van der Waals surface area contributed by atoms with Crippen molar-refractivity contribution in [2.75, 3.05) is 36.2 Å². The monoisotopic (exact) mass is 339 g/mol. The lowest BCUT2D eigenvalue weighted by Crippen LogP contribution is -2.38. The van der Waals surface area contributed by atoms with Crippen LogP contribution in [0.2, 0.25) is 10.2 Å². The van der Waals surface area contributed by atoms with Crippen molar-refractivity contribution in [2.24, 2.45) is 5.84 Å². The number of aromatic nitrogens is 2. The van der Waals surface area contributed by atoms with E-state index in [-0.39, 0.29) is 0 Å². The summed E-state index contributed by atoms with van der Waals surface area (Å²) in [6, 6.07) is 8.78. The van der Waals surface area contributed by atoms with Gasteiger partial charge in [0.15, 0.2) is 5.82 Å². The van der Waals surface area contributed by atoms with Crippen molar-refractivity contribution in [2.45, 2.75) is 0 Å². The van der Waals surface area contributed by atoms with Crippen LogP contribution in [-0.4, -0.2) is 36.3 Å². The summed E-state index contributed by atoms with van der Waals surface area (Å²) < 4.78 is 5.33. The molecule has 2 aromatic rings. The van der Waals surface area contributed by atoms with Gasteiger partial charge in [0, 0.05) is 24.2 Å². The van der Waals surface area contributed by atoms with E-state index in [1.54, 1.807) is 18.2 Å². The van der Waals surface area contributed by atoms with Crippen molar-refractivity contribution in [3.05, 3.63) is 40.5 Å². The number of nitrogens with zero attached hydrogens (tertiary/aromatic N) is 4. The van der Waals surface area contributed by atoms with Crippen LogP contribution in [0.5, 0.6) is 0 Å². The van der Waals surface area contributed by atoms with E-state index in [9.17, 15) is 0 Å². The summed E-state index contributed by atoms with van der Waals surface area (Å²) in [5.41, 5.74) is 0.757. The summed E-state index contributed by atoms with van der Waals surface area (Å²) in [5.74, 6) is 7.20. The lowest BCUT2D eigenvalue weighted by Gasteiger charge is -2.28. The van der Waals surface area contributed by atoms with E-state index in [1.807, 2.05) is 17.0 Å². The molecule has 0 aliphatic carbocycles. The Balaban J connectivity index is 1.89. The third-order valence-corrected chi connectivity index (χ3v) is 3.76. The number of benzene rings is 1. The molecule has 1 saturated heterocycles. The number of hydrogen-bond acceptors (Lipinski definition) is 6. The van der Waals surface area contributed by atoms with Crippen LogP contribution in [0.25, 0.3) is 0 Å². The van der Waals surface area contributed by atoms with E-state index in [0.717, 1.165) is 18.8 Å². The molecule has 0 unspecified atom stereocenters. The largest absolute Gasteiger partial charge is 0.378 e. The highest BCUT2D eigenvalue weighted by atomic mass is 35.5. The maximum absolute atomic E-state index is 6.13. The Hall–Kier alpha value is -1.60. The zero-order valence-corrected chi connectivity index (χ0v) is 13.3. The lowest BCUT2D eigenvalue weighted by atomic mass is 10.3. The van der Waals surface area contributed by atoms with Crippen LogP contribution in [-0.2, 0) is 4.74 Å². The van der Waals surface area contributed by atoms with Gasteiger partial charge in [-0.05, 0) is 24.3 Å². The number of rotatable bonds is 3. The molecule has 0 amide bonds. The predicted octanol–water partition coefficient (Wildman–Crippen LogP) is 2.63. The Morgan fingerprint density at radius 3 is 2.45 bits per heavy atom. The number of halogens is 2. The van der Waals surface area contributed by atoms with Crippen LogP contribution in [0.3, 0.4) is 0 Å². The molecule has 0 saturated carbocycles. The molecule has 0 spiro atoms. The first-order valence-electron chi connectivity index (χ1n) is 6.81. The third kappa shape index (κ3) is 3.41. The Morgan fingerprint density at radius 2 is 1.77 bits per heavy atom. The fraction of sp³-hybridized carbons (Fsp3) is 0.286. The minimum Gasteiger partial charge on any atom is -0.378 e. The molecule has 1 fully saturated rings. The zero-order chi connectivity index (χ0) is 15.5. The summed E-state index contributed by atoms with van der Waals surface area (Å²) in [5, 5.41) is 2.44. The Kier molecular flexibility index (Phi) is 4.63.